The van der Waals surface area contributed by atoms with E-state index in [2.05, 4.69) is 21.6 Å². The van der Waals surface area contributed by atoms with Crippen molar-refractivity contribution in [1.82, 2.24) is 15.6 Å². The molecule has 31 heavy (non-hydrogen) atoms. The predicted octanol–water partition coefficient (Wildman–Crippen LogP) is 1.57. The van der Waals surface area contributed by atoms with E-state index in [1.165, 1.54) is 5.56 Å². The molecular formula is C22H28N4O4S. The summed E-state index contributed by atoms with van der Waals surface area (Å²) in [5.74, 6) is -0.808. The molecule has 0 spiro atoms. The Hall–Kier alpha value is -2.91. The number of hydrogen-bond donors (Lipinski definition) is 3. The van der Waals surface area contributed by atoms with Gasteiger partial charge in [-0.05, 0) is 55.5 Å². The summed E-state index contributed by atoms with van der Waals surface area (Å²) in [5, 5.41) is 0. The van der Waals surface area contributed by atoms with Crippen molar-refractivity contribution in [1.29, 1.82) is 0 Å². The third-order valence-electron chi connectivity index (χ3n) is 5.16. The lowest BCUT2D eigenvalue weighted by Crippen LogP contribution is -2.47. The Morgan fingerprint density at radius 1 is 1.03 bits per heavy atom. The number of para-hydroxylation sites is 1. The van der Waals surface area contributed by atoms with Crippen molar-refractivity contribution < 1.29 is 18.0 Å². The molecule has 166 valence electrons. The van der Waals surface area contributed by atoms with Crippen LogP contribution < -0.4 is 20.5 Å². The molecule has 9 heteroatoms. The van der Waals surface area contributed by atoms with E-state index in [0.29, 0.717) is 5.56 Å². The minimum absolute atomic E-state index is 0.0725. The van der Waals surface area contributed by atoms with Crippen molar-refractivity contribution in [2.45, 2.75) is 38.0 Å². The van der Waals surface area contributed by atoms with Crippen LogP contribution in [0.15, 0.2) is 47.4 Å². The van der Waals surface area contributed by atoms with Gasteiger partial charge in [-0.25, -0.2) is 13.1 Å². The van der Waals surface area contributed by atoms with Gasteiger partial charge < -0.3 is 4.90 Å². The van der Waals surface area contributed by atoms with E-state index in [1.54, 1.807) is 19.1 Å². The fourth-order valence-corrected chi connectivity index (χ4v) is 4.92. The summed E-state index contributed by atoms with van der Waals surface area (Å²) in [4.78, 5) is 26.4. The van der Waals surface area contributed by atoms with Gasteiger partial charge >= 0.3 is 0 Å². The Kier molecular flexibility index (Phi) is 7.29. The highest BCUT2D eigenvalue weighted by Gasteiger charge is 2.19. The van der Waals surface area contributed by atoms with E-state index in [-0.39, 0.29) is 30.3 Å². The molecule has 0 saturated carbocycles. The topological polar surface area (TPSA) is 108 Å². The number of fused-ring (bicyclic) bond motifs is 1. The highest BCUT2D eigenvalue weighted by atomic mass is 32.2. The number of benzene rings is 2. The normalized spacial score (nSPS) is 13.4. The fourth-order valence-electron chi connectivity index (χ4n) is 3.56. The van der Waals surface area contributed by atoms with Gasteiger partial charge in [0, 0.05) is 25.2 Å². The summed E-state index contributed by atoms with van der Waals surface area (Å²) >= 11 is 0. The molecule has 8 nitrogen and oxygen atoms in total. The number of carbonyl (C=O) groups is 2. The molecule has 0 aliphatic carbocycles. The summed E-state index contributed by atoms with van der Waals surface area (Å²) in [6.45, 7) is 4.38. The van der Waals surface area contributed by atoms with Crippen LogP contribution >= 0.6 is 0 Å². The zero-order valence-corrected chi connectivity index (χ0v) is 18.6. The van der Waals surface area contributed by atoms with Crippen molar-refractivity contribution >= 4 is 27.5 Å². The van der Waals surface area contributed by atoms with Crippen molar-refractivity contribution in [2.75, 3.05) is 24.5 Å². The van der Waals surface area contributed by atoms with Crippen LogP contribution in [0.4, 0.5) is 5.69 Å². The number of amides is 2. The van der Waals surface area contributed by atoms with Gasteiger partial charge in [0.1, 0.15) is 0 Å². The summed E-state index contributed by atoms with van der Waals surface area (Å²) in [7, 11) is -3.71. The minimum atomic E-state index is -3.71. The molecule has 0 aromatic heterocycles. The SMILES string of the molecule is Cc1ccc(C)c(S(=O)(=O)NCCC(=O)NNC(=O)CN2CCCc3ccccc32)c1. The molecule has 0 radical (unpaired) electrons. The van der Waals surface area contributed by atoms with E-state index in [1.807, 2.05) is 36.1 Å². The first-order valence-corrected chi connectivity index (χ1v) is 11.7. The van der Waals surface area contributed by atoms with Gasteiger partial charge in [0.25, 0.3) is 5.91 Å². The lowest BCUT2D eigenvalue weighted by atomic mass is 10.0. The monoisotopic (exact) mass is 444 g/mol. The minimum Gasteiger partial charge on any atom is -0.362 e. The number of carbonyl (C=O) groups excluding carboxylic acids is 2. The summed E-state index contributed by atoms with van der Waals surface area (Å²) in [5.41, 5.74) is 8.46. The fraction of sp³-hybridized carbons (Fsp3) is 0.364. The number of hydrogen-bond acceptors (Lipinski definition) is 5. The lowest BCUT2D eigenvalue weighted by Gasteiger charge is -2.30. The number of anilines is 1. The molecule has 0 fully saturated rings. The molecule has 2 aromatic rings. The van der Waals surface area contributed by atoms with Crippen molar-refractivity contribution in [2.24, 2.45) is 0 Å². The Balaban J connectivity index is 1.43. The number of nitrogens with one attached hydrogen (secondary N) is 3. The van der Waals surface area contributed by atoms with Crippen LogP contribution in [0.1, 0.15) is 29.5 Å². The molecule has 0 saturated heterocycles. The second-order valence-electron chi connectivity index (χ2n) is 7.67. The molecule has 1 heterocycles. The Morgan fingerprint density at radius 3 is 2.58 bits per heavy atom. The highest BCUT2D eigenvalue weighted by molar-refractivity contribution is 7.89. The van der Waals surface area contributed by atoms with E-state index < -0.39 is 15.9 Å². The molecular weight excluding hydrogens is 416 g/mol. The first-order chi connectivity index (χ1) is 14.8. The number of sulfonamides is 1. The first kappa shape index (κ1) is 22.8. The number of aryl methyl sites for hydroxylation is 3. The van der Waals surface area contributed by atoms with Crippen LogP contribution in [0.5, 0.6) is 0 Å². The number of nitrogens with zero attached hydrogens (tertiary/aromatic N) is 1. The molecule has 1 aliphatic heterocycles. The molecule has 2 aromatic carbocycles. The Morgan fingerprint density at radius 2 is 1.77 bits per heavy atom. The largest absolute Gasteiger partial charge is 0.362 e. The molecule has 1 aliphatic rings. The van der Waals surface area contributed by atoms with Crippen LogP contribution in [0.25, 0.3) is 0 Å². The molecule has 0 atom stereocenters. The van der Waals surface area contributed by atoms with Crippen LogP contribution in [0.3, 0.4) is 0 Å². The van der Waals surface area contributed by atoms with Gasteiger partial charge in [-0.1, -0.05) is 30.3 Å². The predicted molar refractivity (Wildman–Crippen MR) is 119 cm³/mol. The average molecular weight is 445 g/mol. The summed E-state index contributed by atoms with van der Waals surface area (Å²) in [6.07, 6.45) is 1.86. The summed E-state index contributed by atoms with van der Waals surface area (Å²) in [6, 6.07) is 13.1. The molecule has 3 rings (SSSR count). The van der Waals surface area contributed by atoms with E-state index in [0.717, 1.165) is 30.6 Å². The van der Waals surface area contributed by atoms with Crippen LogP contribution in [0.2, 0.25) is 0 Å². The number of hydrazine groups is 1. The second kappa shape index (κ2) is 9.93. The Bertz CT molecular complexity index is 1070. The quantitative estimate of drug-likeness (QED) is 0.562. The molecule has 2 amide bonds. The van der Waals surface area contributed by atoms with Crippen molar-refractivity contribution in [3.8, 4) is 0 Å². The second-order valence-corrected chi connectivity index (χ2v) is 9.40. The average Bonchev–Trinajstić information content (AvgIpc) is 2.74. The van der Waals surface area contributed by atoms with Crippen LogP contribution in [-0.4, -0.2) is 39.9 Å². The van der Waals surface area contributed by atoms with Gasteiger partial charge in [0.05, 0.1) is 11.4 Å². The van der Waals surface area contributed by atoms with Gasteiger partial charge in [-0.15, -0.1) is 0 Å². The molecule has 0 unspecified atom stereocenters. The maximum absolute atomic E-state index is 12.5. The van der Waals surface area contributed by atoms with E-state index in [4.69, 9.17) is 0 Å². The zero-order valence-electron chi connectivity index (χ0n) is 17.8. The van der Waals surface area contributed by atoms with Crippen molar-refractivity contribution in [3.63, 3.8) is 0 Å². The summed E-state index contributed by atoms with van der Waals surface area (Å²) < 4.78 is 27.3. The highest BCUT2D eigenvalue weighted by Crippen LogP contribution is 2.26. The van der Waals surface area contributed by atoms with E-state index in [9.17, 15) is 18.0 Å². The smallest absolute Gasteiger partial charge is 0.257 e. The first-order valence-electron chi connectivity index (χ1n) is 10.2. The zero-order chi connectivity index (χ0) is 22.4. The van der Waals surface area contributed by atoms with Gasteiger partial charge in [-0.3, -0.25) is 20.4 Å². The van der Waals surface area contributed by atoms with E-state index >= 15 is 0 Å². The Labute approximate surface area is 183 Å². The lowest BCUT2D eigenvalue weighted by molar-refractivity contribution is -0.128. The van der Waals surface area contributed by atoms with Gasteiger partial charge in [-0.2, -0.15) is 0 Å². The third-order valence-corrected chi connectivity index (χ3v) is 6.76. The maximum atomic E-state index is 12.5. The molecule has 3 N–H and O–H groups in total. The van der Waals surface area contributed by atoms with Gasteiger partial charge in [0.15, 0.2) is 0 Å². The van der Waals surface area contributed by atoms with Crippen molar-refractivity contribution in [3.05, 3.63) is 59.2 Å². The van der Waals surface area contributed by atoms with Crippen LogP contribution in [0, 0.1) is 13.8 Å². The molecule has 0 bridgehead atoms. The van der Waals surface area contributed by atoms with Crippen LogP contribution in [-0.2, 0) is 26.0 Å². The number of rotatable bonds is 7. The standard InChI is InChI=1S/C22H28N4O4S/c1-16-9-10-17(2)20(14-16)31(29,30)23-12-11-21(27)24-25-22(28)15-26-13-5-7-18-6-3-4-8-19(18)26/h3-4,6,8-10,14,23H,5,7,11-13,15H2,1-2H3,(H,24,27)(H,25,28). The third kappa shape index (κ3) is 6.05. The van der Waals surface area contributed by atoms with Gasteiger partial charge in [0.2, 0.25) is 15.9 Å². The maximum Gasteiger partial charge on any atom is 0.257 e.